The first-order chi connectivity index (χ1) is 14.3. The maximum absolute atomic E-state index is 12.6. The number of thioether (sulfide) groups is 1. The molecule has 3 rings (SSSR count). The molecule has 156 valence electrons. The molecule has 2 aromatic rings. The van der Waals surface area contributed by atoms with Gasteiger partial charge in [-0.3, -0.25) is 14.4 Å². The van der Waals surface area contributed by atoms with E-state index in [9.17, 15) is 19.5 Å². The molecule has 0 radical (unpaired) electrons. The highest BCUT2D eigenvalue weighted by molar-refractivity contribution is 8.00. The van der Waals surface area contributed by atoms with Crippen molar-refractivity contribution in [2.45, 2.75) is 17.7 Å². The molecule has 2 aromatic carbocycles. The van der Waals surface area contributed by atoms with Crippen LogP contribution in [0.2, 0.25) is 10.0 Å². The fourth-order valence-corrected chi connectivity index (χ4v) is 4.32. The van der Waals surface area contributed by atoms with Crippen LogP contribution in [0.5, 0.6) is 0 Å². The molecule has 0 saturated heterocycles. The predicted octanol–water partition coefficient (Wildman–Crippen LogP) is 5.57. The molecule has 0 aliphatic heterocycles. The standard InChI is InChI=1S/C22H19Cl2NO4S/c23-18-9-8-13(10-19(18)24)20(26)12-30-15-5-3-4-14(11-15)25-21(27)16-6-1-2-7-17(16)22(28)29/h1-5,8-11,16-17H,6-7,12H2,(H,25,27)(H,28,29). The van der Waals surface area contributed by atoms with Gasteiger partial charge in [0.15, 0.2) is 5.78 Å². The van der Waals surface area contributed by atoms with Crippen molar-refractivity contribution >= 4 is 58.3 Å². The van der Waals surface area contributed by atoms with E-state index in [0.29, 0.717) is 34.1 Å². The molecule has 0 spiro atoms. The lowest BCUT2D eigenvalue weighted by atomic mass is 9.82. The first-order valence-electron chi connectivity index (χ1n) is 9.25. The van der Waals surface area contributed by atoms with Crippen LogP contribution < -0.4 is 5.32 Å². The molecule has 1 aliphatic rings. The Morgan fingerprint density at radius 2 is 1.73 bits per heavy atom. The summed E-state index contributed by atoms with van der Waals surface area (Å²) in [5, 5.41) is 12.9. The molecule has 2 N–H and O–H groups in total. The monoisotopic (exact) mass is 463 g/mol. The second-order valence-electron chi connectivity index (χ2n) is 6.85. The van der Waals surface area contributed by atoms with Gasteiger partial charge in [-0.25, -0.2) is 0 Å². The number of amides is 1. The average molecular weight is 464 g/mol. The molecule has 1 aliphatic carbocycles. The van der Waals surface area contributed by atoms with Gasteiger partial charge in [0.2, 0.25) is 5.91 Å². The van der Waals surface area contributed by atoms with Crippen molar-refractivity contribution in [3.63, 3.8) is 0 Å². The van der Waals surface area contributed by atoms with E-state index in [0.717, 1.165) is 4.90 Å². The molecule has 5 nitrogen and oxygen atoms in total. The minimum Gasteiger partial charge on any atom is -0.481 e. The number of hydrogen-bond donors (Lipinski definition) is 2. The molecular weight excluding hydrogens is 445 g/mol. The first-order valence-corrected chi connectivity index (χ1v) is 11.0. The number of carbonyl (C=O) groups excluding carboxylic acids is 2. The molecule has 2 atom stereocenters. The highest BCUT2D eigenvalue weighted by Gasteiger charge is 2.33. The summed E-state index contributed by atoms with van der Waals surface area (Å²) in [6.45, 7) is 0. The highest BCUT2D eigenvalue weighted by Crippen LogP contribution is 2.29. The van der Waals surface area contributed by atoms with E-state index in [1.165, 1.54) is 11.8 Å². The van der Waals surface area contributed by atoms with Crippen molar-refractivity contribution in [1.82, 2.24) is 0 Å². The lowest BCUT2D eigenvalue weighted by molar-refractivity contribution is -0.146. The lowest BCUT2D eigenvalue weighted by Gasteiger charge is -2.24. The summed E-state index contributed by atoms with van der Waals surface area (Å²) in [4.78, 5) is 37.2. The summed E-state index contributed by atoms with van der Waals surface area (Å²) < 4.78 is 0. The average Bonchev–Trinajstić information content (AvgIpc) is 2.74. The fourth-order valence-electron chi connectivity index (χ4n) is 3.18. The van der Waals surface area contributed by atoms with Gasteiger partial charge in [0.05, 0.1) is 27.6 Å². The topological polar surface area (TPSA) is 83.5 Å². The van der Waals surface area contributed by atoms with Crippen LogP contribution in [0.4, 0.5) is 5.69 Å². The number of nitrogens with one attached hydrogen (secondary N) is 1. The summed E-state index contributed by atoms with van der Waals surface area (Å²) in [6, 6.07) is 11.9. The Balaban J connectivity index is 1.62. The molecular formula is C22H19Cl2NO4S. The molecule has 8 heteroatoms. The van der Waals surface area contributed by atoms with Gasteiger partial charge < -0.3 is 10.4 Å². The number of carboxylic acid groups (broad SMARTS) is 1. The number of Topliss-reactive ketones (excluding diaryl/α,β-unsaturated/α-hetero) is 1. The van der Waals surface area contributed by atoms with Crippen molar-refractivity contribution < 1.29 is 19.5 Å². The smallest absolute Gasteiger partial charge is 0.307 e. The predicted molar refractivity (Wildman–Crippen MR) is 120 cm³/mol. The van der Waals surface area contributed by atoms with Gasteiger partial charge >= 0.3 is 5.97 Å². The zero-order valence-corrected chi connectivity index (χ0v) is 18.1. The number of ketones is 1. The molecule has 2 unspecified atom stereocenters. The van der Waals surface area contributed by atoms with Gasteiger partial charge in [0.1, 0.15) is 0 Å². The van der Waals surface area contributed by atoms with E-state index in [2.05, 4.69) is 5.32 Å². The van der Waals surface area contributed by atoms with E-state index >= 15 is 0 Å². The van der Waals surface area contributed by atoms with Crippen LogP contribution in [-0.4, -0.2) is 28.5 Å². The van der Waals surface area contributed by atoms with E-state index in [-0.39, 0.29) is 17.4 Å². The van der Waals surface area contributed by atoms with E-state index in [1.54, 1.807) is 42.5 Å². The summed E-state index contributed by atoms with van der Waals surface area (Å²) in [7, 11) is 0. The first kappa shape index (κ1) is 22.4. The van der Waals surface area contributed by atoms with Crippen LogP contribution in [0.3, 0.4) is 0 Å². The van der Waals surface area contributed by atoms with Crippen LogP contribution in [0.15, 0.2) is 59.5 Å². The van der Waals surface area contributed by atoms with Crippen molar-refractivity contribution in [1.29, 1.82) is 0 Å². The van der Waals surface area contributed by atoms with Gasteiger partial charge in [-0.1, -0.05) is 41.4 Å². The number of halogens is 2. The van der Waals surface area contributed by atoms with E-state index < -0.39 is 17.8 Å². The van der Waals surface area contributed by atoms with Crippen LogP contribution in [0.1, 0.15) is 23.2 Å². The van der Waals surface area contributed by atoms with Crippen LogP contribution in [-0.2, 0) is 9.59 Å². The van der Waals surface area contributed by atoms with E-state index in [1.807, 2.05) is 12.1 Å². The van der Waals surface area contributed by atoms with Crippen molar-refractivity contribution in [3.8, 4) is 0 Å². The number of carboxylic acids is 1. The number of hydrogen-bond acceptors (Lipinski definition) is 4. The second kappa shape index (κ2) is 10.2. The molecule has 0 bridgehead atoms. The van der Waals surface area contributed by atoms with Crippen molar-refractivity contribution in [2.24, 2.45) is 11.8 Å². The maximum Gasteiger partial charge on any atom is 0.307 e. The van der Waals surface area contributed by atoms with Gasteiger partial charge in [-0.05, 0) is 49.2 Å². The third-order valence-corrected chi connectivity index (χ3v) is 6.53. The molecule has 1 amide bonds. The molecule has 0 fully saturated rings. The molecule has 0 heterocycles. The second-order valence-corrected chi connectivity index (χ2v) is 8.72. The number of allylic oxidation sites excluding steroid dienone is 2. The summed E-state index contributed by atoms with van der Waals surface area (Å²) in [6.07, 6.45) is 4.38. The zero-order valence-electron chi connectivity index (χ0n) is 15.8. The van der Waals surface area contributed by atoms with Gasteiger partial charge in [0, 0.05) is 16.1 Å². The quantitative estimate of drug-likeness (QED) is 0.318. The van der Waals surface area contributed by atoms with Crippen molar-refractivity contribution in [3.05, 3.63) is 70.2 Å². The van der Waals surface area contributed by atoms with Crippen LogP contribution >= 0.6 is 35.0 Å². The van der Waals surface area contributed by atoms with Gasteiger partial charge in [-0.2, -0.15) is 0 Å². The SMILES string of the molecule is O=C(CSc1cccc(NC(=O)C2CC=CCC2C(=O)O)c1)c1ccc(Cl)c(Cl)c1. The van der Waals surface area contributed by atoms with Crippen LogP contribution in [0.25, 0.3) is 0 Å². The molecule has 0 aromatic heterocycles. The third-order valence-electron chi connectivity index (χ3n) is 4.80. The number of benzene rings is 2. The zero-order chi connectivity index (χ0) is 21.7. The lowest BCUT2D eigenvalue weighted by Crippen LogP contribution is -2.34. The maximum atomic E-state index is 12.6. The molecule has 30 heavy (non-hydrogen) atoms. The highest BCUT2D eigenvalue weighted by atomic mass is 35.5. The summed E-state index contributed by atoms with van der Waals surface area (Å²) >= 11 is 13.2. The van der Waals surface area contributed by atoms with E-state index in [4.69, 9.17) is 23.2 Å². The Labute approximate surface area is 188 Å². The third kappa shape index (κ3) is 5.65. The van der Waals surface area contributed by atoms with Gasteiger partial charge in [0.25, 0.3) is 0 Å². The Morgan fingerprint density at radius 1 is 1.00 bits per heavy atom. The fraction of sp³-hybridized carbons (Fsp3) is 0.227. The Kier molecular flexibility index (Phi) is 7.58. The van der Waals surface area contributed by atoms with Crippen molar-refractivity contribution in [2.75, 3.05) is 11.1 Å². The Hall–Kier alpha value is -2.28. The Morgan fingerprint density at radius 3 is 2.43 bits per heavy atom. The molecule has 0 saturated carbocycles. The summed E-state index contributed by atoms with van der Waals surface area (Å²) in [5.74, 6) is -2.52. The number of rotatable bonds is 7. The Bertz CT molecular complexity index is 1010. The number of aliphatic carboxylic acids is 1. The van der Waals surface area contributed by atoms with Crippen LogP contribution in [0, 0.1) is 11.8 Å². The summed E-state index contributed by atoms with van der Waals surface area (Å²) in [5.41, 5.74) is 1.04. The minimum atomic E-state index is -0.968. The van der Waals surface area contributed by atoms with Gasteiger partial charge in [-0.15, -0.1) is 11.8 Å². The largest absolute Gasteiger partial charge is 0.481 e. The number of anilines is 1. The number of carbonyl (C=O) groups is 3. The minimum absolute atomic E-state index is 0.0914. The normalized spacial score (nSPS) is 18.1.